The van der Waals surface area contributed by atoms with Crippen LogP contribution in [0, 0.1) is 23.2 Å². The summed E-state index contributed by atoms with van der Waals surface area (Å²) in [5.41, 5.74) is 0.438. The van der Waals surface area contributed by atoms with Gasteiger partial charge in [-0.2, -0.15) is 0 Å². The normalized spacial score (nSPS) is 39.8. The van der Waals surface area contributed by atoms with Crippen molar-refractivity contribution in [3.05, 3.63) is 0 Å². The van der Waals surface area contributed by atoms with Crippen molar-refractivity contribution in [1.82, 2.24) is 9.80 Å². The number of hydrogen-bond donors (Lipinski definition) is 0. The Morgan fingerprint density at radius 2 is 1.38 bits per heavy atom. The Balaban J connectivity index is 1.10. The highest BCUT2D eigenvalue weighted by Gasteiger charge is 2.59. The second-order valence-corrected chi connectivity index (χ2v) is 10.3. The lowest BCUT2D eigenvalue weighted by molar-refractivity contribution is -0.136. The maximum atomic E-state index is 13.1. The molecule has 5 aliphatic rings. The summed E-state index contributed by atoms with van der Waals surface area (Å²) >= 11 is 0. The summed E-state index contributed by atoms with van der Waals surface area (Å²) in [6.07, 6.45) is 18.4. The van der Waals surface area contributed by atoms with E-state index in [0.717, 1.165) is 44.1 Å². The minimum absolute atomic E-state index is 0.394. The van der Waals surface area contributed by atoms with Crippen LogP contribution in [0.15, 0.2) is 0 Å². The molecule has 0 aromatic heterocycles. The Kier molecular flexibility index (Phi) is 4.79. The van der Waals surface area contributed by atoms with Gasteiger partial charge in [-0.15, -0.1) is 0 Å². The first kappa shape index (κ1) is 17.5. The van der Waals surface area contributed by atoms with Crippen LogP contribution >= 0.6 is 0 Å². The van der Waals surface area contributed by atoms with E-state index in [2.05, 4.69) is 9.80 Å². The van der Waals surface area contributed by atoms with E-state index in [0.29, 0.717) is 17.2 Å². The fourth-order valence-electron chi connectivity index (χ4n) is 6.82. The van der Waals surface area contributed by atoms with E-state index in [-0.39, 0.29) is 0 Å². The summed E-state index contributed by atoms with van der Waals surface area (Å²) in [6, 6.07) is 0.842. The molecule has 0 aromatic carbocycles. The minimum Gasteiger partial charge on any atom is -0.340 e. The van der Waals surface area contributed by atoms with Gasteiger partial charge in [0.2, 0.25) is 5.91 Å². The summed E-state index contributed by atoms with van der Waals surface area (Å²) in [5.74, 6) is 2.93. The van der Waals surface area contributed by atoms with Gasteiger partial charge in [0.05, 0.1) is 0 Å². The quantitative estimate of drug-likeness (QED) is 0.743. The van der Waals surface area contributed by atoms with Crippen molar-refractivity contribution in [2.45, 2.75) is 89.5 Å². The minimum atomic E-state index is 0.394. The average molecular weight is 359 g/mol. The molecule has 0 N–H and O–H groups in total. The van der Waals surface area contributed by atoms with Gasteiger partial charge in [-0.3, -0.25) is 9.69 Å². The summed E-state index contributed by atoms with van der Waals surface area (Å²) in [4.78, 5) is 18.0. The molecule has 1 amide bonds. The predicted octanol–water partition coefficient (Wildman–Crippen LogP) is 4.46. The first-order chi connectivity index (χ1) is 12.8. The van der Waals surface area contributed by atoms with Crippen molar-refractivity contribution < 1.29 is 4.79 Å². The van der Waals surface area contributed by atoms with Gasteiger partial charge in [0.1, 0.15) is 0 Å². The van der Waals surface area contributed by atoms with E-state index in [4.69, 9.17) is 0 Å². The van der Waals surface area contributed by atoms with Crippen LogP contribution in [0.2, 0.25) is 0 Å². The Labute approximate surface area is 159 Å². The standard InChI is InChI=1S/C23H38N2O/c26-22(25-15-13-24(14-16-25)20-7-4-8-20)21-17-23(21)11-9-19(10-12-23)18-5-2-1-3-6-18/h18-21H,1-17H2. The van der Waals surface area contributed by atoms with Gasteiger partial charge < -0.3 is 4.90 Å². The Hall–Kier alpha value is -0.570. The first-order valence-corrected chi connectivity index (χ1v) is 11.8. The number of carbonyl (C=O) groups is 1. The van der Waals surface area contributed by atoms with E-state index in [1.807, 2.05) is 0 Å². The Bertz CT molecular complexity index is 506. The van der Waals surface area contributed by atoms with Crippen molar-refractivity contribution >= 4 is 5.91 Å². The number of hydrogen-bond acceptors (Lipinski definition) is 2. The molecule has 1 atom stereocenters. The Morgan fingerprint density at radius 3 is 2.00 bits per heavy atom. The Morgan fingerprint density at radius 1 is 0.731 bits per heavy atom. The molecule has 0 aromatic rings. The monoisotopic (exact) mass is 358 g/mol. The fraction of sp³-hybridized carbons (Fsp3) is 0.957. The number of nitrogens with zero attached hydrogens (tertiary/aromatic N) is 2. The van der Waals surface area contributed by atoms with Crippen molar-refractivity contribution in [2.24, 2.45) is 23.2 Å². The predicted molar refractivity (Wildman–Crippen MR) is 105 cm³/mol. The summed E-state index contributed by atoms with van der Waals surface area (Å²) in [7, 11) is 0. The van der Waals surface area contributed by atoms with Crippen molar-refractivity contribution in [3.63, 3.8) is 0 Å². The zero-order valence-corrected chi connectivity index (χ0v) is 16.6. The van der Waals surface area contributed by atoms with Crippen LogP contribution in [0.3, 0.4) is 0 Å². The molecule has 1 aliphatic heterocycles. The van der Waals surface area contributed by atoms with Gasteiger partial charge in [-0.25, -0.2) is 0 Å². The van der Waals surface area contributed by atoms with Crippen molar-refractivity contribution in [3.8, 4) is 0 Å². The highest BCUT2D eigenvalue weighted by molar-refractivity contribution is 5.82. The fourth-order valence-corrected chi connectivity index (χ4v) is 6.82. The molecule has 0 bridgehead atoms. The molecule has 1 spiro atoms. The van der Waals surface area contributed by atoms with E-state index in [1.165, 1.54) is 83.5 Å². The smallest absolute Gasteiger partial charge is 0.226 e. The number of piperazine rings is 1. The summed E-state index contributed by atoms with van der Waals surface area (Å²) in [5, 5.41) is 0. The SMILES string of the molecule is O=C(C1CC12CCC(C1CCCCC1)CC2)N1CCN(C2CCC2)CC1. The van der Waals surface area contributed by atoms with Crippen LogP contribution in [0.1, 0.15) is 83.5 Å². The molecule has 5 fully saturated rings. The third-order valence-corrected chi connectivity index (χ3v) is 9.05. The lowest BCUT2D eigenvalue weighted by Crippen LogP contribution is -2.54. The molecule has 5 rings (SSSR count). The topological polar surface area (TPSA) is 23.6 Å². The number of carbonyl (C=O) groups excluding carboxylic acids is 1. The zero-order valence-electron chi connectivity index (χ0n) is 16.6. The largest absolute Gasteiger partial charge is 0.340 e. The number of rotatable bonds is 3. The zero-order chi connectivity index (χ0) is 17.6. The van der Waals surface area contributed by atoms with E-state index in [1.54, 1.807) is 0 Å². The molecule has 1 unspecified atom stereocenters. The molecule has 4 saturated carbocycles. The van der Waals surface area contributed by atoms with Gasteiger partial charge in [0.15, 0.2) is 0 Å². The molecule has 3 heteroatoms. The number of amides is 1. The highest BCUT2D eigenvalue weighted by Crippen LogP contribution is 2.63. The molecule has 1 saturated heterocycles. The summed E-state index contributed by atoms with van der Waals surface area (Å²) in [6.45, 7) is 4.24. The second-order valence-electron chi connectivity index (χ2n) is 10.3. The summed E-state index contributed by atoms with van der Waals surface area (Å²) < 4.78 is 0. The molecule has 3 nitrogen and oxygen atoms in total. The van der Waals surface area contributed by atoms with Crippen LogP contribution in [-0.2, 0) is 4.79 Å². The maximum Gasteiger partial charge on any atom is 0.226 e. The van der Waals surface area contributed by atoms with Crippen molar-refractivity contribution in [1.29, 1.82) is 0 Å². The lowest BCUT2D eigenvalue weighted by Gasteiger charge is -2.43. The molecule has 146 valence electrons. The third-order valence-electron chi connectivity index (χ3n) is 9.05. The third kappa shape index (κ3) is 3.23. The van der Waals surface area contributed by atoms with Crippen LogP contribution < -0.4 is 0 Å². The van der Waals surface area contributed by atoms with Gasteiger partial charge in [-0.1, -0.05) is 38.5 Å². The second kappa shape index (κ2) is 7.11. The van der Waals surface area contributed by atoms with E-state index >= 15 is 0 Å². The van der Waals surface area contributed by atoms with Crippen LogP contribution in [0.4, 0.5) is 0 Å². The van der Waals surface area contributed by atoms with E-state index < -0.39 is 0 Å². The molecule has 26 heavy (non-hydrogen) atoms. The highest BCUT2D eigenvalue weighted by atomic mass is 16.2. The molecular formula is C23H38N2O. The lowest BCUT2D eigenvalue weighted by atomic mass is 9.69. The average Bonchev–Trinajstić information content (AvgIpc) is 3.35. The van der Waals surface area contributed by atoms with Gasteiger partial charge in [0, 0.05) is 38.1 Å². The van der Waals surface area contributed by atoms with Crippen LogP contribution in [0.5, 0.6) is 0 Å². The van der Waals surface area contributed by atoms with Gasteiger partial charge >= 0.3 is 0 Å². The molecule has 4 aliphatic carbocycles. The molecule has 1 heterocycles. The van der Waals surface area contributed by atoms with Crippen LogP contribution in [-0.4, -0.2) is 47.9 Å². The first-order valence-electron chi connectivity index (χ1n) is 11.8. The van der Waals surface area contributed by atoms with Crippen LogP contribution in [0.25, 0.3) is 0 Å². The maximum absolute atomic E-state index is 13.1. The molecular weight excluding hydrogens is 320 g/mol. The van der Waals surface area contributed by atoms with Crippen molar-refractivity contribution in [2.75, 3.05) is 26.2 Å². The van der Waals surface area contributed by atoms with E-state index in [9.17, 15) is 4.79 Å². The van der Waals surface area contributed by atoms with Gasteiger partial charge in [0.25, 0.3) is 0 Å². The van der Waals surface area contributed by atoms with Gasteiger partial charge in [-0.05, 0) is 62.2 Å². The molecule has 0 radical (unpaired) electrons.